The molecular formula is C18H15N3O5S. The first-order valence-electron chi connectivity index (χ1n) is 7.87. The minimum absolute atomic E-state index is 0.0487. The SMILES string of the molecule is Cc1cc(=S)n(NC(=O)COc2ccc([N+](=O)[O-])cc2)c2cc(O)ccc12. The average Bonchev–Trinajstić information content (AvgIpc) is 2.63. The van der Waals surface area contributed by atoms with Crippen LogP contribution in [-0.2, 0) is 4.79 Å². The summed E-state index contributed by atoms with van der Waals surface area (Å²) in [4.78, 5) is 22.4. The number of pyridine rings is 1. The molecule has 0 aliphatic heterocycles. The van der Waals surface area contributed by atoms with Gasteiger partial charge in [-0.25, -0.2) is 4.68 Å². The summed E-state index contributed by atoms with van der Waals surface area (Å²) in [6, 6.07) is 12.0. The van der Waals surface area contributed by atoms with Gasteiger partial charge >= 0.3 is 0 Å². The fourth-order valence-electron chi connectivity index (χ4n) is 2.57. The molecule has 1 aromatic heterocycles. The minimum Gasteiger partial charge on any atom is -0.508 e. The molecule has 2 N–H and O–H groups in total. The predicted octanol–water partition coefficient (Wildman–Crippen LogP) is 3.44. The van der Waals surface area contributed by atoms with Gasteiger partial charge in [0, 0.05) is 23.6 Å². The predicted molar refractivity (Wildman–Crippen MR) is 102 cm³/mol. The monoisotopic (exact) mass is 385 g/mol. The molecule has 9 heteroatoms. The van der Waals surface area contributed by atoms with Gasteiger partial charge in [0.1, 0.15) is 16.1 Å². The molecule has 0 atom stereocenters. The Morgan fingerprint density at radius 1 is 1.26 bits per heavy atom. The number of nitrogens with one attached hydrogen (secondary N) is 1. The van der Waals surface area contributed by atoms with E-state index < -0.39 is 10.8 Å². The standard InChI is InChI=1S/C18H15N3O5S/c1-11-8-18(27)20(16-9-13(22)4-7-15(11)16)19-17(23)10-26-14-5-2-12(3-6-14)21(24)25/h2-9,22H,10H2,1H3,(H,19,23). The third-order valence-corrected chi connectivity index (χ3v) is 4.16. The largest absolute Gasteiger partial charge is 0.508 e. The molecule has 0 radical (unpaired) electrons. The third kappa shape index (κ3) is 4.04. The van der Waals surface area contributed by atoms with Crippen LogP contribution in [0.2, 0.25) is 0 Å². The second-order valence-corrected chi connectivity index (χ2v) is 6.20. The lowest BCUT2D eigenvalue weighted by molar-refractivity contribution is -0.384. The lowest BCUT2D eigenvalue weighted by Gasteiger charge is -2.15. The number of hydrogen-bond acceptors (Lipinski definition) is 6. The van der Waals surface area contributed by atoms with Crippen LogP contribution in [0.5, 0.6) is 11.5 Å². The molecule has 0 saturated carbocycles. The Bertz CT molecular complexity index is 1090. The van der Waals surface area contributed by atoms with Gasteiger partial charge in [-0.2, -0.15) is 0 Å². The van der Waals surface area contributed by atoms with Crippen LogP contribution >= 0.6 is 12.2 Å². The van der Waals surface area contributed by atoms with Crippen molar-refractivity contribution in [1.29, 1.82) is 0 Å². The van der Waals surface area contributed by atoms with Gasteiger partial charge in [0.25, 0.3) is 11.6 Å². The second-order valence-electron chi connectivity index (χ2n) is 5.78. The fraction of sp³-hybridized carbons (Fsp3) is 0.111. The summed E-state index contributed by atoms with van der Waals surface area (Å²) in [7, 11) is 0. The van der Waals surface area contributed by atoms with Crippen LogP contribution in [0.1, 0.15) is 5.56 Å². The molecule has 27 heavy (non-hydrogen) atoms. The Labute approximate surface area is 158 Å². The van der Waals surface area contributed by atoms with Crippen LogP contribution in [0.15, 0.2) is 48.5 Å². The van der Waals surface area contributed by atoms with Gasteiger partial charge in [0.05, 0.1) is 10.4 Å². The summed E-state index contributed by atoms with van der Waals surface area (Å²) >= 11 is 5.31. The molecule has 3 rings (SSSR count). The van der Waals surface area contributed by atoms with Crippen LogP contribution in [0.4, 0.5) is 5.69 Å². The summed E-state index contributed by atoms with van der Waals surface area (Å²) < 4.78 is 7.11. The highest BCUT2D eigenvalue weighted by atomic mass is 32.1. The lowest BCUT2D eigenvalue weighted by atomic mass is 10.1. The number of nitro groups is 1. The van der Waals surface area contributed by atoms with Gasteiger partial charge in [-0.05, 0) is 42.8 Å². The van der Waals surface area contributed by atoms with Crippen LogP contribution in [0, 0.1) is 21.7 Å². The Kier molecular flexibility index (Phi) is 5.04. The number of aryl methyl sites for hydroxylation is 1. The van der Waals surface area contributed by atoms with E-state index in [-0.39, 0.29) is 18.0 Å². The topological polar surface area (TPSA) is 107 Å². The number of carbonyl (C=O) groups excluding carboxylic acids is 1. The number of phenols is 1. The van der Waals surface area contributed by atoms with E-state index in [2.05, 4.69) is 5.43 Å². The van der Waals surface area contributed by atoms with E-state index in [1.165, 1.54) is 35.0 Å². The Morgan fingerprint density at radius 3 is 2.63 bits per heavy atom. The van der Waals surface area contributed by atoms with Gasteiger partial charge < -0.3 is 9.84 Å². The van der Waals surface area contributed by atoms with Crippen molar-refractivity contribution < 1.29 is 19.6 Å². The number of fused-ring (bicyclic) bond motifs is 1. The van der Waals surface area contributed by atoms with E-state index in [0.29, 0.717) is 15.9 Å². The molecular weight excluding hydrogens is 370 g/mol. The van der Waals surface area contributed by atoms with E-state index >= 15 is 0 Å². The molecule has 0 saturated heterocycles. The quantitative estimate of drug-likeness (QED) is 0.396. The van der Waals surface area contributed by atoms with E-state index in [4.69, 9.17) is 17.0 Å². The molecule has 0 unspecified atom stereocenters. The van der Waals surface area contributed by atoms with Gasteiger partial charge in [0.2, 0.25) is 0 Å². The second kappa shape index (κ2) is 7.42. The highest BCUT2D eigenvalue weighted by molar-refractivity contribution is 7.71. The average molecular weight is 385 g/mol. The number of rotatable bonds is 5. The number of amides is 1. The molecule has 0 aliphatic rings. The molecule has 8 nitrogen and oxygen atoms in total. The third-order valence-electron chi connectivity index (χ3n) is 3.86. The first-order chi connectivity index (χ1) is 12.8. The van der Waals surface area contributed by atoms with E-state index in [9.17, 15) is 20.0 Å². The fourth-order valence-corrected chi connectivity index (χ4v) is 2.89. The van der Waals surface area contributed by atoms with E-state index in [1.54, 1.807) is 18.2 Å². The normalized spacial score (nSPS) is 10.6. The van der Waals surface area contributed by atoms with Crippen LogP contribution in [0.3, 0.4) is 0 Å². The first-order valence-corrected chi connectivity index (χ1v) is 8.28. The maximum atomic E-state index is 12.3. The number of ether oxygens (including phenoxy) is 1. The molecule has 3 aromatic rings. The number of benzene rings is 2. The smallest absolute Gasteiger partial charge is 0.276 e. The zero-order chi connectivity index (χ0) is 19.6. The van der Waals surface area contributed by atoms with Crippen molar-refractivity contribution in [3.8, 4) is 11.5 Å². The van der Waals surface area contributed by atoms with E-state index in [1.807, 2.05) is 6.92 Å². The number of phenolic OH excluding ortho intramolecular Hbond substituents is 1. The van der Waals surface area contributed by atoms with Crippen LogP contribution in [0.25, 0.3) is 10.9 Å². The first kappa shape index (κ1) is 18.3. The van der Waals surface area contributed by atoms with Crippen molar-refractivity contribution >= 4 is 34.7 Å². The zero-order valence-corrected chi connectivity index (χ0v) is 15.0. The van der Waals surface area contributed by atoms with Gasteiger partial charge in [-0.15, -0.1) is 0 Å². The van der Waals surface area contributed by atoms with Crippen molar-refractivity contribution in [1.82, 2.24) is 4.68 Å². The number of nitrogens with zero attached hydrogens (tertiary/aromatic N) is 2. The number of nitro benzene ring substituents is 1. The maximum Gasteiger partial charge on any atom is 0.276 e. The van der Waals surface area contributed by atoms with Crippen molar-refractivity contribution in [3.63, 3.8) is 0 Å². The number of non-ortho nitro benzene ring substituents is 1. The van der Waals surface area contributed by atoms with E-state index in [0.717, 1.165) is 10.9 Å². The Hall–Kier alpha value is -3.46. The van der Waals surface area contributed by atoms with Gasteiger partial charge in [-0.3, -0.25) is 20.3 Å². The summed E-state index contributed by atoms with van der Waals surface area (Å²) in [5.41, 5.74) is 4.05. The van der Waals surface area contributed by atoms with Crippen molar-refractivity contribution in [2.24, 2.45) is 0 Å². The highest BCUT2D eigenvalue weighted by Gasteiger charge is 2.10. The number of aromatic hydroxyl groups is 1. The molecule has 1 amide bonds. The van der Waals surface area contributed by atoms with Crippen molar-refractivity contribution in [2.45, 2.75) is 6.92 Å². The van der Waals surface area contributed by atoms with Gasteiger partial charge in [0.15, 0.2) is 6.61 Å². The number of hydrogen-bond donors (Lipinski definition) is 2. The molecule has 0 spiro atoms. The van der Waals surface area contributed by atoms with Gasteiger partial charge in [-0.1, -0.05) is 12.2 Å². The summed E-state index contributed by atoms with van der Waals surface area (Å²) in [5.74, 6) is -0.101. The molecule has 0 aliphatic carbocycles. The zero-order valence-electron chi connectivity index (χ0n) is 14.2. The summed E-state index contributed by atoms with van der Waals surface area (Å²) in [6.45, 7) is 1.58. The Balaban J connectivity index is 1.77. The minimum atomic E-state index is -0.518. The van der Waals surface area contributed by atoms with Crippen molar-refractivity contribution in [2.75, 3.05) is 12.0 Å². The molecule has 2 aromatic carbocycles. The van der Waals surface area contributed by atoms with Crippen LogP contribution < -0.4 is 10.2 Å². The summed E-state index contributed by atoms with van der Waals surface area (Å²) in [6.07, 6.45) is 0. The molecule has 1 heterocycles. The lowest BCUT2D eigenvalue weighted by Crippen LogP contribution is -2.29. The van der Waals surface area contributed by atoms with Crippen LogP contribution in [-0.4, -0.2) is 27.2 Å². The van der Waals surface area contributed by atoms with Crippen molar-refractivity contribution in [3.05, 3.63) is 68.8 Å². The molecule has 0 bridgehead atoms. The number of carbonyl (C=O) groups is 1. The Morgan fingerprint density at radius 2 is 1.96 bits per heavy atom. The molecule has 0 fully saturated rings. The maximum absolute atomic E-state index is 12.3. The summed E-state index contributed by atoms with van der Waals surface area (Å²) in [5, 5.41) is 21.2. The number of aromatic nitrogens is 1. The molecule has 138 valence electrons. The highest BCUT2D eigenvalue weighted by Crippen LogP contribution is 2.23.